The monoisotopic (exact) mass is 264 g/mol. The first kappa shape index (κ1) is 14.4. The van der Waals surface area contributed by atoms with E-state index in [1.165, 1.54) is 0 Å². The van der Waals surface area contributed by atoms with Crippen LogP contribution in [0.15, 0.2) is 0 Å². The van der Waals surface area contributed by atoms with E-state index in [2.05, 4.69) is 0 Å². The Bertz CT molecular complexity index is 333. The van der Waals surface area contributed by atoms with Crippen molar-refractivity contribution in [1.82, 2.24) is 9.96 Å². The molecule has 1 aliphatic rings. The molecule has 0 radical (unpaired) electrons. The fourth-order valence-corrected chi connectivity index (χ4v) is 1.99. The summed E-state index contributed by atoms with van der Waals surface area (Å²) in [5, 5.41) is 1.60. The topological polar surface area (TPSA) is 66.9 Å². The SMILES string of the molecule is CC(C)(C)C(=O)ON1CCN(C[SH](=O)=O)CC1. The minimum Gasteiger partial charge on any atom is -0.367 e. The van der Waals surface area contributed by atoms with E-state index < -0.39 is 16.1 Å². The number of nitrogens with zero attached hydrogens (tertiary/aromatic N) is 2. The average Bonchev–Trinajstić information content (AvgIpc) is 2.18. The summed E-state index contributed by atoms with van der Waals surface area (Å²) in [7, 11) is -2.37. The first-order valence-corrected chi connectivity index (χ1v) is 6.97. The summed E-state index contributed by atoms with van der Waals surface area (Å²) < 4.78 is 21.1. The first-order chi connectivity index (χ1) is 7.79. The van der Waals surface area contributed by atoms with E-state index in [4.69, 9.17) is 4.84 Å². The van der Waals surface area contributed by atoms with Gasteiger partial charge in [0.25, 0.3) is 0 Å². The van der Waals surface area contributed by atoms with Gasteiger partial charge in [0, 0.05) is 26.2 Å². The highest BCUT2D eigenvalue weighted by molar-refractivity contribution is 7.72. The van der Waals surface area contributed by atoms with E-state index in [-0.39, 0.29) is 11.8 Å². The number of hydroxylamine groups is 2. The van der Waals surface area contributed by atoms with Crippen molar-refractivity contribution in [1.29, 1.82) is 0 Å². The minimum absolute atomic E-state index is 0.0798. The molecular formula is C10H20N2O4S. The molecule has 1 rings (SSSR count). The molecule has 17 heavy (non-hydrogen) atoms. The smallest absolute Gasteiger partial charge is 0.330 e. The highest BCUT2D eigenvalue weighted by Crippen LogP contribution is 2.16. The molecule has 0 aromatic heterocycles. The number of carbonyl (C=O) groups is 1. The molecular weight excluding hydrogens is 244 g/mol. The lowest BCUT2D eigenvalue weighted by atomic mass is 9.98. The summed E-state index contributed by atoms with van der Waals surface area (Å²) in [6, 6.07) is 0. The molecule has 0 aliphatic carbocycles. The van der Waals surface area contributed by atoms with Gasteiger partial charge in [-0.05, 0) is 20.8 Å². The molecule has 0 N–H and O–H groups in total. The van der Waals surface area contributed by atoms with Gasteiger partial charge in [-0.2, -0.15) is 0 Å². The second-order valence-electron chi connectivity index (χ2n) is 5.15. The first-order valence-electron chi connectivity index (χ1n) is 5.60. The second kappa shape index (κ2) is 5.79. The van der Waals surface area contributed by atoms with Gasteiger partial charge < -0.3 is 4.84 Å². The standard InChI is InChI=1S/C10H20N2O4S/c1-10(2,3)9(13)16-12-6-4-11(5-7-12)8-17(14)15/h17H,4-8H2,1-3H3. The molecule has 0 unspecified atom stereocenters. The highest BCUT2D eigenvalue weighted by Gasteiger charge is 2.27. The predicted octanol–water partition coefficient (Wildman–Crippen LogP) is -0.323. The van der Waals surface area contributed by atoms with Gasteiger partial charge in [0.05, 0.1) is 11.3 Å². The number of thiol groups is 1. The van der Waals surface area contributed by atoms with Crippen LogP contribution in [0.1, 0.15) is 20.8 Å². The molecule has 0 atom stereocenters. The molecule has 1 heterocycles. The summed E-state index contributed by atoms with van der Waals surface area (Å²) in [6.07, 6.45) is 0. The molecule has 0 saturated carbocycles. The fourth-order valence-electron chi connectivity index (χ4n) is 1.38. The molecule has 100 valence electrons. The average molecular weight is 264 g/mol. The van der Waals surface area contributed by atoms with Crippen molar-refractivity contribution in [3.05, 3.63) is 0 Å². The van der Waals surface area contributed by atoms with Crippen molar-refractivity contribution >= 4 is 16.7 Å². The van der Waals surface area contributed by atoms with Gasteiger partial charge >= 0.3 is 5.97 Å². The van der Waals surface area contributed by atoms with Crippen molar-refractivity contribution in [3.8, 4) is 0 Å². The Hall–Kier alpha value is -0.660. The van der Waals surface area contributed by atoms with Crippen LogP contribution in [0.25, 0.3) is 0 Å². The molecule has 0 spiro atoms. The summed E-state index contributed by atoms with van der Waals surface area (Å²) in [4.78, 5) is 18.7. The van der Waals surface area contributed by atoms with Crippen molar-refractivity contribution in [2.24, 2.45) is 5.41 Å². The van der Waals surface area contributed by atoms with Crippen LogP contribution in [-0.4, -0.2) is 56.4 Å². The summed E-state index contributed by atoms with van der Waals surface area (Å²) in [6.45, 7) is 7.69. The number of rotatable bonds is 3. The summed E-state index contributed by atoms with van der Waals surface area (Å²) >= 11 is 0. The maximum atomic E-state index is 11.6. The third kappa shape index (κ3) is 5.01. The van der Waals surface area contributed by atoms with Crippen LogP contribution in [-0.2, 0) is 20.3 Å². The van der Waals surface area contributed by atoms with Crippen LogP contribution in [0.4, 0.5) is 0 Å². The van der Waals surface area contributed by atoms with Gasteiger partial charge in [-0.25, -0.2) is 13.2 Å². The molecule has 0 amide bonds. The molecule has 1 saturated heterocycles. The Morgan fingerprint density at radius 1 is 1.18 bits per heavy atom. The molecule has 1 aliphatic heterocycles. The van der Waals surface area contributed by atoms with Crippen LogP contribution in [0.5, 0.6) is 0 Å². The van der Waals surface area contributed by atoms with Crippen LogP contribution in [0.3, 0.4) is 0 Å². The number of hydrogen-bond acceptors (Lipinski definition) is 6. The third-order valence-corrected chi connectivity index (χ3v) is 3.10. The summed E-state index contributed by atoms with van der Waals surface area (Å²) in [5.74, 6) is -0.183. The van der Waals surface area contributed by atoms with E-state index in [0.29, 0.717) is 26.2 Å². The van der Waals surface area contributed by atoms with Gasteiger partial charge in [0.15, 0.2) is 10.7 Å². The number of carbonyl (C=O) groups excluding carboxylic acids is 1. The number of piperazine rings is 1. The van der Waals surface area contributed by atoms with E-state index in [9.17, 15) is 13.2 Å². The Morgan fingerprint density at radius 3 is 2.12 bits per heavy atom. The number of hydrogen-bond donors (Lipinski definition) is 1. The minimum atomic E-state index is -2.37. The van der Waals surface area contributed by atoms with Gasteiger partial charge in [0.2, 0.25) is 0 Å². The maximum absolute atomic E-state index is 11.6. The van der Waals surface area contributed by atoms with E-state index in [1.54, 1.807) is 25.8 Å². The van der Waals surface area contributed by atoms with Gasteiger partial charge in [-0.15, -0.1) is 5.06 Å². The van der Waals surface area contributed by atoms with Crippen molar-refractivity contribution in [2.45, 2.75) is 20.8 Å². The lowest BCUT2D eigenvalue weighted by molar-refractivity contribution is -0.206. The highest BCUT2D eigenvalue weighted by atomic mass is 32.2. The molecule has 0 aromatic carbocycles. The third-order valence-electron chi connectivity index (χ3n) is 2.47. The van der Waals surface area contributed by atoms with Crippen molar-refractivity contribution in [3.63, 3.8) is 0 Å². The van der Waals surface area contributed by atoms with Crippen LogP contribution >= 0.6 is 0 Å². The maximum Gasteiger partial charge on any atom is 0.330 e. The van der Waals surface area contributed by atoms with Crippen molar-refractivity contribution < 1.29 is 18.0 Å². The molecule has 1 fully saturated rings. The largest absolute Gasteiger partial charge is 0.367 e. The normalized spacial score (nSPS) is 19.5. The van der Waals surface area contributed by atoms with Crippen LogP contribution in [0, 0.1) is 5.41 Å². The van der Waals surface area contributed by atoms with Crippen molar-refractivity contribution in [2.75, 3.05) is 32.1 Å². The lowest BCUT2D eigenvalue weighted by Gasteiger charge is -2.33. The second-order valence-corrected chi connectivity index (χ2v) is 6.10. The molecule has 0 bridgehead atoms. The molecule has 6 nitrogen and oxygen atoms in total. The zero-order chi connectivity index (χ0) is 13.1. The van der Waals surface area contributed by atoms with Gasteiger partial charge in [-0.3, -0.25) is 4.90 Å². The molecule has 0 aromatic rings. The molecule has 7 heteroatoms. The predicted molar refractivity (Wildman–Crippen MR) is 63.9 cm³/mol. The van der Waals surface area contributed by atoms with Crippen LogP contribution < -0.4 is 0 Å². The zero-order valence-electron chi connectivity index (χ0n) is 10.5. The Morgan fingerprint density at radius 2 is 1.71 bits per heavy atom. The van der Waals surface area contributed by atoms with E-state index in [0.717, 1.165) is 0 Å². The zero-order valence-corrected chi connectivity index (χ0v) is 11.4. The van der Waals surface area contributed by atoms with Crippen LogP contribution in [0.2, 0.25) is 0 Å². The Kier molecular flexibility index (Phi) is 4.91. The van der Waals surface area contributed by atoms with Gasteiger partial charge in [-0.1, -0.05) is 0 Å². The van der Waals surface area contributed by atoms with Gasteiger partial charge in [0.1, 0.15) is 0 Å². The van der Waals surface area contributed by atoms with E-state index in [1.807, 2.05) is 4.90 Å². The lowest BCUT2D eigenvalue weighted by Crippen LogP contribution is -2.48. The Labute approximate surface area is 103 Å². The fraction of sp³-hybridized carbons (Fsp3) is 0.900. The van der Waals surface area contributed by atoms with E-state index >= 15 is 0 Å². The summed E-state index contributed by atoms with van der Waals surface area (Å²) in [5.41, 5.74) is -0.518. The Balaban J connectivity index is 2.35. The quantitative estimate of drug-likeness (QED) is 0.705.